The Morgan fingerprint density at radius 2 is 2.08 bits per heavy atom. The molecule has 2 heterocycles. The lowest BCUT2D eigenvalue weighted by Crippen LogP contribution is -2.39. The van der Waals surface area contributed by atoms with Gasteiger partial charge in [-0.15, -0.1) is 12.4 Å². The van der Waals surface area contributed by atoms with Gasteiger partial charge in [0.15, 0.2) is 0 Å². The molecule has 1 amide bonds. The van der Waals surface area contributed by atoms with Crippen LogP contribution in [0, 0.1) is 5.41 Å². The lowest BCUT2D eigenvalue weighted by atomic mass is 9.83. The molecule has 3 atom stereocenters. The van der Waals surface area contributed by atoms with Gasteiger partial charge in [0.2, 0.25) is 0 Å². The molecule has 1 aromatic carbocycles. The van der Waals surface area contributed by atoms with E-state index in [0.717, 1.165) is 45.2 Å². The molecule has 1 aromatic rings. The number of aryl methyl sites for hydroxylation is 1. The molecule has 0 spiro atoms. The zero-order chi connectivity index (χ0) is 16.3. The average Bonchev–Trinajstić information content (AvgIpc) is 3.21. The number of likely N-dealkylation sites (tertiary alicyclic amines) is 1. The number of hydrogen-bond donors (Lipinski definition) is 1. The largest absolute Gasteiger partial charge is 0.364 e. The van der Waals surface area contributed by atoms with Gasteiger partial charge in [-0.25, -0.2) is 0 Å². The summed E-state index contributed by atoms with van der Waals surface area (Å²) in [6, 6.07) is 10.6. The second kappa shape index (κ2) is 8.32. The summed E-state index contributed by atoms with van der Waals surface area (Å²) in [7, 11) is 0. The van der Waals surface area contributed by atoms with Crippen LogP contribution in [0.15, 0.2) is 30.3 Å². The Morgan fingerprint density at radius 3 is 2.75 bits per heavy atom. The van der Waals surface area contributed by atoms with E-state index in [0.29, 0.717) is 6.54 Å². The van der Waals surface area contributed by atoms with Crippen LogP contribution in [0.25, 0.3) is 0 Å². The minimum atomic E-state index is -0.264. The zero-order valence-electron chi connectivity index (χ0n) is 14.4. The predicted octanol–water partition coefficient (Wildman–Crippen LogP) is 2.79. The molecular weight excluding hydrogens is 324 g/mol. The summed E-state index contributed by atoms with van der Waals surface area (Å²) in [5.41, 5.74) is 7.24. The van der Waals surface area contributed by atoms with Crippen molar-refractivity contribution in [2.45, 2.75) is 51.2 Å². The molecule has 24 heavy (non-hydrogen) atoms. The Bertz CT molecular complexity index is 539. The third-order valence-electron chi connectivity index (χ3n) is 5.38. The van der Waals surface area contributed by atoms with E-state index < -0.39 is 0 Å². The first kappa shape index (κ1) is 19.2. The molecule has 1 unspecified atom stereocenters. The number of ether oxygens (including phenoxy) is 1. The van der Waals surface area contributed by atoms with Gasteiger partial charge in [-0.05, 0) is 43.1 Å². The third kappa shape index (κ3) is 4.50. The molecule has 4 nitrogen and oxygen atoms in total. The second-order valence-corrected chi connectivity index (χ2v) is 7.37. The third-order valence-corrected chi connectivity index (χ3v) is 5.38. The molecule has 2 aliphatic rings. The maximum absolute atomic E-state index is 12.6. The summed E-state index contributed by atoms with van der Waals surface area (Å²) in [6.45, 7) is 4.53. The van der Waals surface area contributed by atoms with Crippen molar-refractivity contribution in [3.05, 3.63) is 35.9 Å². The van der Waals surface area contributed by atoms with Crippen LogP contribution in [0.5, 0.6) is 0 Å². The highest BCUT2D eigenvalue weighted by atomic mass is 35.5. The summed E-state index contributed by atoms with van der Waals surface area (Å²) in [6.07, 6.45) is 4.81. The van der Waals surface area contributed by atoms with Crippen LogP contribution in [0.2, 0.25) is 0 Å². The van der Waals surface area contributed by atoms with E-state index >= 15 is 0 Å². The molecule has 5 heteroatoms. The molecule has 2 fully saturated rings. The smallest absolute Gasteiger partial charge is 0.251 e. The highest BCUT2D eigenvalue weighted by Crippen LogP contribution is 2.35. The van der Waals surface area contributed by atoms with E-state index in [9.17, 15) is 4.79 Å². The first-order valence-electron chi connectivity index (χ1n) is 8.78. The van der Waals surface area contributed by atoms with E-state index in [1.54, 1.807) is 0 Å². The van der Waals surface area contributed by atoms with Crippen molar-refractivity contribution in [2.75, 3.05) is 19.6 Å². The maximum atomic E-state index is 12.6. The molecule has 2 aliphatic heterocycles. The van der Waals surface area contributed by atoms with Gasteiger partial charge >= 0.3 is 0 Å². The Balaban J connectivity index is 0.00000208. The normalized spacial score (nSPS) is 29.5. The lowest BCUT2D eigenvalue weighted by Gasteiger charge is -2.26. The summed E-state index contributed by atoms with van der Waals surface area (Å²) in [5, 5.41) is 0. The number of benzene rings is 1. The summed E-state index contributed by atoms with van der Waals surface area (Å²) in [5.74, 6) is 0.171. The molecule has 2 N–H and O–H groups in total. The van der Waals surface area contributed by atoms with Gasteiger partial charge < -0.3 is 15.4 Å². The second-order valence-electron chi connectivity index (χ2n) is 7.37. The summed E-state index contributed by atoms with van der Waals surface area (Å²) >= 11 is 0. The van der Waals surface area contributed by atoms with Gasteiger partial charge in [0, 0.05) is 19.6 Å². The number of nitrogens with two attached hydrogens (primary N) is 1. The number of carbonyl (C=O) groups excluding carboxylic acids is 1. The maximum Gasteiger partial charge on any atom is 0.251 e. The molecule has 3 rings (SSSR count). The van der Waals surface area contributed by atoms with Crippen molar-refractivity contribution in [2.24, 2.45) is 11.1 Å². The van der Waals surface area contributed by atoms with Crippen LogP contribution in [0.4, 0.5) is 0 Å². The van der Waals surface area contributed by atoms with Crippen LogP contribution < -0.4 is 5.73 Å². The number of hydrogen-bond acceptors (Lipinski definition) is 3. The van der Waals surface area contributed by atoms with Crippen molar-refractivity contribution in [1.82, 2.24) is 4.90 Å². The molecule has 0 saturated carbocycles. The van der Waals surface area contributed by atoms with Gasteiger partial charge in [0.05, 0.1) is 6.10 Å². The van der Waals surface area contributed by atoms with E-state index in [1.807, 2.05) is 4.90 Å². The van der Waals surface area contributed by atoms with E-state index in [4.69, 9.17) is 10.5 Å². The van der Waals surface area contributed by atoms with E-state index in [1.165, 1.54) is 5.56 Å². The minimum absolute atomic E-state index is 0. The fourth-order valence-electron chi connectivity index (χ4n) is 3.77. The van der Waals surface area contributed by atoms with Gasteiger partial charge in [0.25, 0.3) is 5.91 Å². The van der Waals surface area contributed by atoms with Crippen LogP contribution >= 0.6 is 12.4 Å². The number of carbonyl (C=O) groups is 1. The predicted molar refractivity (Wildman–Crippen MR) is 98.3 cm³/mol. The van der Waals surface area contributed by atoms with E-state index in [-0.39, 0.29) is 35.9 Å². The Hall–Kier alpha value is -1.10. The molecule has 0 aliphatic carbocycles. The van der Waals surface area contributed by atoms with Gasteiger partial charge in [-0.1, -0.05) is 37.3 Å². The monoisotopic (exact) mass is 352 g/mol. The standard InChI is InChI=1S/C19H28N2O2.ClH/c1-19(10-9-15-5-3-2-4-6-15)11-12-21(14-19)18(22)17-8-7-16(13-20)23-17;/h2-6,16-17H,7-14,20H2,1H3;1H/t16-,17+,19?;/m1./s1. The highest BCUT2D eigenvalue weighted by Gasteiger charge is 2.40. The van der Waals surface area contributed by atoms with Gasteiger partial charge in [0.1, 0.15) is 6.10 Å². The number of rotatable bonds is 5. The molecule has 134 valence electrons. The fourth-order valence-corrected chi connectivity index (χ4v) is 3.77. The molecule has 2 saturated heterocycles. The lowest BCUT2D eigenvalue weighted by molar-refractivity contribution is -0.142. The highest BCUT2D eigenvalue weighted by molar-refractivity contribution is 5.85. The van der Waals surface area contributed by atoms with Crippen LogP contribution in [-0.4, -0.2) is 42.6 Å². The number of amides is 1. The molecule has 0 bridgehead atoms. The Morgan fingerprint density at radius 1 is 1.33 bits per heavy atom. The van der Waals surface area contributed by atoms with Crippen LogP contribution in [0.3, 0.4) is 0 Å². The first-order chi connectivity index (χ1) is 11.1. The average molecular weight is 353 g/mol. The summed E-state index contributed by atoms with van der Waals surface area (Å²) in [4.78, 5) is 14.6. The minimum Gasteiger partial charge on any atom is -0.364 e. The summed E-state index contributed by atoms with van der Waals surface area (Å²) < 4.78 is 5.77. The SMILES string of the molecule is CC1(CCc2ccccc2)CCN(C(=O)[C@@H]2CC[C@H](CN)O2)C1.Cl. The van der Waals surface area contributed by atoms with Crippen molar-refractivity contribution in [3.63, 3.8) is 0 Å². The Labute approximate surface area is 151 Å². The number of halogens is 1. The first-order valence-corrected chi connectivity index (χ1v) is 8.78. The molecular formula is C19H29ClN2O2. The molecule has 0 aromatic heterocycles. The van der Waals surface area contributed by atoms with Crippen LogP contribution in [-0.2, 0) is 16.0 Å². The zero-order valence-corrected chi connectivity index (χ0v) is 15.3. The van der Waals surface area contributed by atoms with Crippen LogP contribution in [0.1, 0.15) is 38.2 Å². The van der Waals surface area contributed by atoms with Crippen molar-refractivity contribution in [3.8, 4) is 0 Å². The van der Waals surface area contributed by atoms with Gasteiger partial charge in [-0.2, -0.15) is 0 Å². The van der Waals surface area contributed by atoms with Crippen molar-refractivity contribution in [1.29, 1.82) is 0 Å². The quantitative estimate of drug-likeness (QED) is 0.886. The van der Waals surface area contributed by atoms with E-state index in [2.05, 4.69) is 37.3 Å². The number of nitrogens with zero attached hydrogens (tertiary/aromatic N) is 1. The van der Waals surface area contributed by atoms with Crippen molar-refractivity contribution < 1.29 is 9.53 Å². The fraction of sp³-hybridized carbons (Fsp3) is 0.632. The van der Waals surface area contributed by atoms with Gasteiger partial charge in [-0.3, -0.25) is 4.79 Å². The van der Waals surface area contributed by atoms with Crippen molar-refractivity contribution >= 4 is 18.3 Å². The Kier molecular flexibility index (Phi) is 6.67. The topological polar surface area (TPSA) is 55.6 Å². The molecule has 0 radical (unpaired) electrons.